The van der Waals surface area contributed by atoms with Crippen LogP contribution in [0.15, 0.2) is 47.7 Å². The molecular weight excluding hydrogens is 502 g/mol. The third-order valence-electron chi connectivity index (χ3n) is 6.97. The number of aryl methyl sites for hydroxylation is 1. The number of carbonyl (C=O) groups excluding carboxylic acids is 1. The number of piperidine rings is 1. The van der Waals surface area contributed by atoms with E-state index in [1.54, 1.807) is 17.7 Å². The van der Waals surface area contributed by atoms with Gasteiger partial charge in [0.05, 0.1) is 29.2 Å². The Morgan fingerprint density at radius 2 is 1.65 bits per heavy atom. The van der Waals surface area contributed by atoms with Gasteiger partial charge in [-0.15, -0.1) is 0 Å². The number of imidazole rings is 1. The van der Waals surface area contributed by atoms with E-state index in [0.717, 1.165) is 0 Å². The van der Waals surface area contributed by atoms with Gasteiger partial charge in [-0.05, 0) is 68.5 Å². The molecule has 3 aromatic rings. The summed E-state index contributed by atoms with van der Waals surface area (Å²) in [6.07, 6.45) is -5.26. The van der Waals surface area contributed by atoms with E-state index in [0.29, 0.717) is 42.8 Å². The fourth-order valence-corrected chi connectivity index (χ4v) is 5.31. The largest absolute Gasteiger partial charge is 0.416 e. The van der Waals surface area contributed by atoms with E-state index in [2.05, 4.69) is 4.98 Å². The number of amides is 1. The third-order valence-corrected chi connectivity index (χ3v) is 6.97. The predicted octanol–water partition coefficient (Wildman–Crippen LogP) is 5.00. The van der Waals surface area contributed by atoms with Crippen molar-refractivity contribution in [3.05, 3.63) is 81.3 Å². The summed E-state index contributed by atoms with van der Waals surface area (Å²) in [7, 11) is 0. The first kappa shape index (κ1) is 25.1. The van der Waals surface area contributed by atoms with Gasteiger partial charge >= 0.3 is 12.4 Å². The first-order valence-corrected chi connectivity index (χ1v) is 11.7. The molecule has 2 aliphatic heterocycles. The maximum atomic E-state index is 13.5. The van der Waals surface area contributed by atoms with Crippen LogP contribution in [0.3, 0.4) is 0 Å². The Morgan fingerprint density at radius 1 is 0.973 bits per heavy atom. The fraction of sp³-hybridized carbons (Fsp3) is 0.400. The second-order valence-corrected chi connectivity index (χ2v) is 9.51. The molecule has 1 saturated heterocycles. The van der Waals surface area contributed by atoms with E-state index >= 15 is 0 Å². The van der Waals surface area contributed by atoms with Crippen molar-refractivity contribution in [3.63, 3.8) is 0 Å². The number of halogens is 6. The van der Waals surface area contributed by atoms with Crippen molar-refractivity contribution in [3.8, 4) is 5.69 Å². The molecule has 196 valence electrons. The van der Waals surface area contributed by atoms with Crippen LogP contribution in [0.25, 0.3) is 5.69 Å². The molecule has 4 heterocycles. The topological polar surface area (TPSA) is 60.1 Å². The third kappa shape index (κ3) is 4.64. The summed E-state index contributed by atoms with van der Waals surface area (Å²) in [6.45, 7) is 1.96. The number of benzene rings is 1. The number of hydrogen-bond acceptors (Lipinski definition) is 3. The Morgan fingerprint density at radius 3 is 2.24 bits per heavy atom. The number of fused-ring (bicyclic) bond motifs is 2. The molecule has 0 bridgehead atoms. The van der Waals surface area contributed by atoms with Gasteiger partial charge in [-0.3, -0.25) is 9.59 Å². The van der Waals surface area contributed by atoms with Crippen molar-refractivity contribution in [2.75, 3.05) is 0 Å². The van der Waals surface area contributed by atoms with E-state index < -0.39 is 41.5 Å². The van der Waals surface area contributed by atoms with Crippen molar-refractivity contribution in [1.29, 1.82) is 0 Å². The highest BCUT2D eigenvalue weighted by molar-refractivity contribution is 5.94. The molecular formula is C25H22F6N4O2. The molecule has 6 nitrogen and oxygen atoms in total. The first-order valence-electron chi connectivity index (χ1n) is 11.7. The van der Waals surface area contributed by atoms with Gasteiger partial charge < -0.3 is 14.0 Å². The Hall–Kier alpha value is -3.57. The van der Waals surface area contributed by atoms with Crippen LogP contribution in [-0.2, 0) is 25.3 Å². The predicted molar refractivity (Wildman–Crippen MR) is 120 cm³/mol. The number of alkyl halides is 6. The molecule has 0 saturated carbocycles. The Labute approximate surface area is 207 Å². The quantitative estimate of drug-likeness (QED) is 0.454. The Balaban J connectivity index is 1.49. The smallest absolute Gasteiger partial charge is 0.329 e. The van der Waals surface area contributed by atoms with Crippen LogP contribution in [0.5, 0.6) is 0 Å². The zero-order chi connectivity index (χ0) is 26.7. The summed E-state index contributed by atoms with van der Waals surface area (Å²) in [5.74, 6) is -0.463. The second-order valence-electron chi connectivity index (χ2n) is 9.51. The lowest BCUT2D eigenvalue weighted by molar-refractivity contribution is -0.143. The zero-order valence-corrected chi connectivity index (χ0v) is 19.6. The number of nitrogens with zero attached hydrogens (tertiary/aromatic N) is 4. The first-order chi connectivity index (χ1) is 17.3. The van der Waals surface area contributed by atoms with E-state index in [-0.39, 0.29) is 35.8 Å². The van der Waals surface area contributed by atoms with Gasteiger partial charge in [-0.1, -0.05) is 0 Å². The normalized spacial score (nSPS) is 20.1. The van der Waals surface area contributed by atoms with Crippen molar-refractivity contribution in [2.24, 2.45) is 0 Å². The van der Waals surface area contributed by atoms with E-state index in [4.69, 9.17) is 0 Å². The molecule has 37 heavy (non-hydrogen) atoms. The van der Waals surface area contributed by atoms with Crippen molar-refractivity contribution in [1.82, 2.24) is 19.0 Å². The van der Waals surface area contributed by atoms with Gasteiger partial charge in [0, 0.05) is 18.8 Å². The van der Waals surface area contributed by atoms with Crippen molar-refractivity contribution >= 4 is 5.91 Å². The van der Waals surface area contributed by atoms with E-state index in [1.165, 1.54) is 27.9 Å². The average Bonchev–Trinajstić information content (AvgIpc) is 3.24. The van der Waals surface area contributed by atoms with Crippen molar-refractivity contribution < 1.29 is 31.1 Å². The number of pyridine rings is 1. The van der Waals surface area contributed by atoms with E-state index in [1.807, 2.05) is 0 Å². The highest BCUT2D eigenvalue weighted by Gasteiger charge is 2.41. The second kappa shape index (κ2) is 8.77. The molecule has 0 radical (unpaired) electrons. The molecule has 1 amide bonds. The summed E-state index contributed by atoms with van der Waals surface area (Å²) in [5.41, 5.74) is -2.12. The van der Waals surface area contributed by atoms with Crippen LogP contribution in [0.4, 0.5) is 26.3 Å². The monoisotopic (exact) mass is 524 g/mol. The maximum absolute atomic E-state index is 13.5. The minimum absolute atomic E-state index is 0.0984. The molecule has 0 spiro atoms. The maximum Gasteiger partial charge on any atom is 0.416 e. The fourth-order valence-electron chi connectivity index (χ4n) is 5.31. The SMILES string of the molecule is Cc1cn(-c2ccc3n(c2=O)CC2CCCC(Cc4cc(C(F)(F)F)cc(C(F)(F)F)c4)N2C3=O)cn1. The summed E-state index contributed by atoms with van der Waals surface area (Å²) in [4.78, 5) is 32.4. The Kier molecular flexibility index (Phi) is 5.95. The molecule has 1 aromatic carbocycles. The molecule has 12 heteroatoms. The number of carbonyl (C=O) groups is 1. The summed E-state index contributed by atoms with van der Waals surface area (Å²) in [5, 5.41) is 0. The van der Waals surface area contributed by atoms with Crippen LogP contribution < -0.4 is 5.56 Å². The molecule has 2 atom stereocenters. The highest BCUT2D eigenvalue weighted by atomic mass is 19.4. The molecule has 0 N–H and O–H groups in total. The molecule has 0 aliphatic carbocycles. The lowest BCUT2D eigenvalue weighted by Gasteiger charge is -2.46. The minimum Gasteiger partial charge on any atom is -0.329 e. The van der Waals surface area contributed by atoms with E-state index in [9.17, 15) is 35.9 Å². The lowest BCUT2D eigenvalue weighted by atomic mass is 9.88. The van der Waals surface area contributed by atoms with Gasteiger partial charge in [0.2, 0.25) is 0 Å². The standard InChI is InChI=1S/C25H22F6N4O2/c1-14-11-33(13-32-14)20-5-6-21-23(37)35-18(3-2-4-19(35)12-34(21)22(20)36)9-15-7-16(24(26,27)28)10-17(8-15)25(29,30)31/h5-8,10-11,13,18-19H,2-4,9,12H2,1H3. The van der Waals surface area contributed by atoms with Crippen LogP contribution in [-0.4, -0.2) is 37.0 Å². The van der Waals surface area contributed by atoms with Gasteiger partial charge in [0.1, 0.15) is 11.4 Å². The van der Waals surface area contributed by atoms with Crippen LogP contribution >= 0.6 is 0 Å². The highest BCUT2D eigenvalue weighted by Crippen LogP contribution is 2.38. The molecule has 2 unspecified atom stereocenters. The van der Waals surface area contributed by atoms with Crippen LogP contribution in [0.2, 0.25) is 0 Å². The average molecular weight is 524 g/mol. The van der Waals surface area contributed by atoms with Crippen molar-refractivity contribution in [2.45, 2.75) is 63.6 Å². The minimum atomic E-state index is -4.95. The van der Waals surface area contributed by atoms with Gasteiger partial charge in [-0.25, -0.2) is 4.98 Å². The van der Waals surface area contributed by atoms with Gasteiger partial charge in [-0.2, -0.15) is 26.3 Å². The number of hydrogen-bond donors (Lipinski definition) is 0. The van der Waals surface area contributed by atoms with Crippen LogP contribution in [0, 0.1) is 6.92 Å². The summed E-state index contributed by atoms with van der Waals surface area (Å²) in [6, 6.07) is 3.55. The summed E-state index contributed by atoms with van der Waals surface area (Å²) >= 11 is 0. The summed E-state index contributed by atoms with van der Waals surface area (Å²) < 4.78 is 83.0. The zero-order valence-electron chi connectivity index (χ0n) is 19.6. The molecule has 2 aliphatic rings. The van der Waals surface area contributed by atoms with Crippen LogP contribution in [0.1, 0.15) is 52.1 Å². The Bertz CT molecular complexity index is 1390. The molecule has 1 fully saturated rings. The van der Waals surface area contributed by atoms with Gasteiger partial charge in [0.25, 0.3) is 11.5 Å². The molecule has 2 aromatic heterocycles. The number of rotatable bonds is 3. The molecule has 5 rings (SSSR count). The number of aromatic nitrogens is 3. The lowest BCUT2D eigenvalue weighted by Crippen LogP contribution is -2.57. The van der Waals surface area contributed by atoms with Gasteiger partial charge in [0.15, 0.2) is 0 Å².